The number of para-hydroxylation sites is 1. The van der Waals surface area contributed by atoms with Crippen LogP contribution in [0.2, 0.25) is 0 Å². The van der Waals surface area contributed by atoms with E-state index in [4.69, 9.17) is 0 Å². The Hall–Kier alpha value is -3.83. The van der Waals surface area contributed by atoms with Gasteiger partial charge in [-0.1, -0.05) is 18.2 Å². The molecular formula is C22H23N5O5S. The van der Waals surface area contributed by atoms with E-state index in [2.05, 4.69) is 10.2 Å². The lowest BCUT2D eigenvalue weighted by molar-refractivity contribution is 0.427. The molecule has 3 N–H and O–H groups in total. The second-order valence-corrected chi connectivity index (χ2v) is 9.70. The lowest BCUT2D eigenvalue weighted by atomic mass is 10.1. The summed E-state index contributed by atoms with van der Waals surface area (Å²) in [5, 5.41) is 27.3. The topological polar surface area (TPSA) is 133 Å². The normalized spacial score (nSPS) is 11.9. The van der Waals surface area contributed by atoms with Gasteiger partial charge < -0.3 is 14.8 Å². The molecule has 0 radical (unpaired) electrons. The third-order valence-electron chi connectivity index (χ3n) is 5.47. The van der Waals surface area contributed by atoms with Gasteiger partial charge in [0, 0.05) is 32.1 Å². The number of aryl methyl sites for hydroxylation is 2. The number of phenols is 2. The van der Waals surface area contributed by atoms with Crippen LogP contribution in [0, 0.1) is 6.92 Å². The van der Waals surface area contributed by atoms with Gasteiger partial charge in [-0.15, -0.1) is 0 Å². The fraction of sp³-hybridized carbons (Fsp3) is 0.182. The molecule has 0 aliphatic heterocycles. The first-order valence-corrected chi connectivity index (χ1v) is 11.4. The zero-order valence-corrected chi connectivity index (χ0v) is 19.0. The van der Waals surface area contributed by atoms with Crippen LogP contribution in [0.1, 0.15) is 11.3 Å². The minimum Gasteiger partial charge on any atom is -0.507 e. The molecule has 11 heteroatoms. The first-order chi connectivity index (χ1) is 15.6. The van der Waals surface area contributed by atoms with E-state index in [0.717, 1.165) is 27.7 Å². The van der Waals surface area contributed by atoms with Crippen LogP contribution in [0.15, 0.2) is 64.4 Å². The fourth-order valence-corrected chi connectivity index (χ4v) is 4.83. The number of sulfonamides is 1. The van der Waals surface area contributed by atoms with Crippen molar-refractivity contribution in [2.45, 2.75) is 18.4 Å². The van der Waals surface area contributed by atoms with Gasteiger partial charge in [0.2, 0.25) is 10.0 Å². The van der Waals surface area contributed by atoms with Gasteiger partial charge in [-0.05, 0) is 36.8 Å². The number of nitrogens with zero attached hydrogens (tertiary/aromatic N) is 4. The number of nitrogens with one attached hydrogen (secondary N) is 1. The van der Waals surface area contributed by atoms with Crippen LogP contribution in [-0.4, -0.2) is 49.3 Å². The molecule has 4 aromatic rings. The Morgan fingerprint density at radius 3 is 2.48 bits per heavy atom. The SMILES string of the molecule is Cc1ccccc1-n1c(-c2cc(S(=O)(=O)N(C)Cc3cccn3C)c(O)cc2O)n[nH]c1=O. The van der Waals surface area contributed by atoms with E-state index in [1.807, 2.05) is 19.1 Å². The average molecular weight is 470 g/mol. The van der Waals surface area contributed by atoms with Crippen molar-refractivity contribution >= 4 is 10.0 Å². The number of hydrogen-bond acceptors (Lipinski definition) is 6. The Kier molecular flexibility index (Phi) is 5.60. The summed E-state index contributed by atoms with van der Waals surface area (Å²) in [5.41, 5.74) is 1.46. The molecule has 4 rings (SSSR count). The van der Waals surface area contributed by atoms with Gasteiger partial charge in [-0.3, -0.25) is 0 Å². The van der Waals surface area contributed by atoms with E-state index in [1.54, 1.807) is 42.1 Å². The van der Waals surface area contributed by atoms with Crippen LogP contribution >= 0.6 is 0 Å². The third-order valence-corrected chi connectivity index (χ3v) is 7.30. The van der Waals surface area contributed by atoms with E-state index in [-0.39, 0.29) is 17.9 Å². The van der Waals surface area contributed by atoms with Crippen LogP contribution in [-0.2, 0) is 23.6 Å². The third kappa shape index (κ3) is 3.92. The van der Waals surface area contributed by atoms with Crippen LogP contribution in [0.5, 0.6) is 11.5 Å². The fourth-order valence-electron chi connectivity index (χ4n) is 3.60. The molecule has 0 bridgehead atoms. The molecule has 172 valence electrons. The van der Waals surface area contributed by atoms with Gasteiger partial charge in [0.1, 0.15) is 16.4 Å². The summed E-state index contributed by atoms with van der Waals surface area (Å²) in [6, 6.07) is 12.7. The number of rotatable bonds is 6. The van der Waals surface area contributed by atoms with E-state index in [1.165, 1.54) is 11.6 Å². The summed E-state index contributed by atoms with van der Waals surface area (Å²) >= 11 is 0. The van der Waals surface area contributed by atoms with Crippen molar-refractivity contribution in [2.75, 3.05) is 7.05 Å². The van der Waals surface area contributed by atoms with Crippen molar-refractivity contribution in [3.8, 4) is 28.6 Å². The van der Waals surface area contributed by atoms with Gasteiger partial charge in [-0.25, -0.2) is 22.9 Å². The molecule has 0 aliphatic carbocycles. The summed E-state index contributed by atoms with van der Waals surface area (Å²) in [7, 11) is -0.960. The molecule has 0 fully saturated rings. The maximum Gasteiger partial charge on any atom is 0.348 e. The smallest absolute Gasteiger partial charge is 0.348 e. The van der Waals surface area contributed by atoms with Crippen molar-refractivity contribution in [1.82, 2.24) is 23.6 Å². The zero-order chi connectivity index (χ0) is 23.9. The summed E-state index contributed by atoms with van der Waals surface area (Å²) in [4.78, 5) is 12.1. The van der Waals surface area contributed by atoms with Gasteiger partial charge >= 0.3 is 5.69 Å². The van der Waals surface area contributed by atoms with Crippen molar-refractivity contribution < 1.29 is 18.6 Å². The molecule has 33 heavy (non-hydrogen) atoms. The van der Waals surface area contributed by atoms with E-state index < -0.39 is 32.1 Å². The van der Waals surface area contributed by atoms with Crippen molar-refractivity contribution in [2.24, 2.45) is 7.05 Å². The second-order valence-electron chi connectivity index (χ2n) is 7.68. The monoisotopic (exact) mass is 469 g/mol. The average Bonchev–Trinajstić information content (AvgIpc) is 3.33. The Morgan fingerprint density at radius 1 is 1.09 bits per heavy atom. The number of aromatic amines is 1. The summed E-state index contributed by atoms with van der Waals surface area (Å²) in [6.07, 6.45) is 1.80. The first kappa shape index (κ1) is 22.4. The van der Waals surface area contributed by atoms with Gasteiger partial charge in [0.05, 0.1) is 17.8 Å². The summed E-state index contributed by atoms with van der Waals surface area (Å²) in [5.74, 6) is -1.03. The summed E-state index contributed by atoms with van der Waals surface area (Å²) < 4.78 is 30.7. The number of hydrogen-bond donors (Lipinski definition) is 3. The van der Waals surface area contributed by atoms with E-state index in [9.17, 15) is 23.4 Å². The lowest BCUT2D eigenvalue weighted by Gasteiger charge is -2.19. The molecule has 0 saturated heterocycles. The van der Waals surface area contributed by atoms with Crippen molar-refractivity contribution in [3.63, 3.8) is 0 Å². The predicted octanol–water partition coefficient (Wildman–Crippen LogP) is 2.11. The highest BCUT2D eigenvalue weighted by Crippen LogP contribution is 2.37. The van der Waals surface area contributed by atoms with Crippen LogP contribution in [0.3, 0.4) is 0 Å². The minimum atomic E-state index is -4.16. The number of phenolic OH excluding ortho intramolecular Hbond substituents is 2. The largest absolute Gasteiger partial charge is 0.507 e. The van der Waals surface area contributed by atoms with Crippen LogP contribution in [0.4, 0.5) is 0 Å². The Balaban J connectivity index is 1.84. The molecule has 0 spiro atoms. The van der Waals surface area contributed by atoms with Gasteiger partial charge in [0.25, 0.3) is 0 Å². The highest BCUT2D eigenvalue weighted by Gasteiger charge is 2.28. The molecular weight excluding hydrogens is 446 g/mol. The first-order valence-electron chi connectivity index (χ1n) is 9.97. The molecule has 0 saturated carbocycles. The Morgan fingerprint density at radius 2 is 1.82 bits per heavy atom. The highest BCUT2D eigenvalue weighted by atomic mass is 32.2. The lowest BCUT2D eigenvalue weighted by Crippen LogP contribution is -2.27. The standard InChI is InChI=1S/C22H23N5O5S/c1-14-7-4-5-9-17(14)27-21(23-24-22(27)30)16-11-20(19(29)12-18(16)28)33(31,32)26(3)13-15-8-6-10-25(15)2/h4-12,28-29H,13H2,1-3H3,(H,24,30). The number of H-pyrrole nitrogens is 1. The maximum absolute atomic E-state index is 13.3. The van der Waals surface area contributed by atoms with Gasteiger partial charge in [-0.2, -0.15) is 9.40 Å². The van der Waals surface area contributed by atoms with Gasteiger partial charge in [0.15, 0.2) is 5.82 Å². The van der Waals surface area contributed by atoms with Crippen molar-refractivity contribution in [1.29, 1.82) is 0 Å². The number of aromatic hydroxyl groups is 2. The minimum absolute atomic E-state index is 0.00772. The van der Waals surface area contributed by atoms with Crippen molar-refractivity contribution in [3.05, 3.63) is 76.5 Å². The van der Waals surface area contributed by atoms with Crippen LogP contribution in [0.25, 0.3) is 17.1 Å². The second kappa shape index (κ2) is 8.26. The summed E-state index contributed by atoms with van der Waals surface area (Å²) in [6.45, 7) is 1.88. The zero-order valence-electron chi connectivity index (χ0n) is 18.2. The molecule has 0 amide bonds. The number of benzene rings is 2. The molecule has 2 aromatic heterocycles. The predicted molar refractivity (Wildman–Crippen MR) is 122 cm³/mol. The molecule has 10 nitrogen and oxygen atoms in total. The molecule has 0 atom stereocenters. The molecule has 2 heterocycles. The molecule has 0 aliphatic rings. The maximum atomic E-state index is 13.3. The number of aromatic nitrogens is 4. The van der Waals surface area contributed by atoms with E-state index >= 15 is 0 Å². The Labute approximate surface area is 190 Å². The quantitative estimate of drug-likeness (QED) is 0.396. The highest BCUT2D eigenvalue weighted by molar-refractivity contribution is 7.89. The Bertz CT molecular complexity index is 1500. The van der Waals surface area contributed by atoms with Crippen LogP contribution < -0.4 is 5.69 Å². The molecule has 2 aromatic carbocycles. The molecule has 0 unspecified atom stereocenters. The van der Waals surface area contributed by atoms with E-state index in [0.29, 0.717) is 5.69 Å².